The van der Waals surface area contributed by atoms with Crippen molar-refractivity contribution >= 4 is 50.3 Å². The van der Waals surface area contributed by atoms with E-state index >= 15 is 0 Å². The summed E-state index contributed by atoms with van der Waals surface area (Å²) >= 11 is 9.54. The number of halogens is 1. The van der Waals surface area contributed by atoms with Crippen molar-refractivity contribution in [2.45, 2.75) is 6.54 Å². The number of nitrogens with zero attached hydrogens (tertiary/aromatic N) is 4. The number of fused-ring (bicyclic) bond motifs is 1. The Bertz CT molecular complexity index is 1010. The van der Waals surface area contributed by atoms with Crippen molar-refractivity contribution in [2.24, 2.45) is 10.2 Å². The molecule has 0 saturated heterocycles. The molecule has 0 fully saturated rings. The summed E-state index contributed by atoms with van der Waals surface area (Å²) in [6, 6.07) is 13.8. The number of hydrogen-bond donors (Lipinski definition) is 0. The van der Waals surface area contributed by atoms with Crippen LogP contribution in [0.1, 0.15) is 4.88 Å². The molecule has 0 spiro atoms. The van der Waals surface area contributed by atoms with E-state index in [-0.39, 0.29) is 0 Å². The molecule has 0 bridgehead atoms. The number of thiophene rings is 2. The summed E-state index contributed by atoms with van der Waals surface area (Å²) in [4.78, 5) is 10.8. The van der Waals surface area contributed by atoms with Gasteiger partial charge in [0.25, 0.3) is 0 Å². The monoisotopic (exact) mass is 370 g/mol. The standard InChI is InChI=1S/C17H11ClN4S2/c18-13-6-2-1-5-12(13)15-8-14-16(24-15)17(20-10-19-14)22-21-9-11-4-3-7-23-11/h1-8,10H,9H2. The van der Waals surface area contributed by atoms with Crippen molar-refractivity contribution in [3.8, 4) is 10.4 Å². The second-order valence-electron chi connectivity index (χ2n) is 4.98. The lowest BCUT2D eigenvalue weighted by Crippen LogP contribution is -1.78. The van der Waals surface area contributed by atoms with Gasteiger partial charge in [-0.25, -0.2) is 9.97 Å². The van der Waals surface area contributed by atoms with Crippen molar-refractivity contribution in [2.75, 3.05) is 0 Å². The van der Waals surface area contributed by atoms with Crippen LogP contribution in [0, 0.1) is 0 Å². The number of aromatic nitrogens is 2. The summed E-state index contributed by atoms with van der Waals surface area (Å²) in [6.07, 6.45) is 1.52. The molecule has 7 heteroatoms. The summed E-state index contributed by atoms with van der Waals surface area (Å²) in [5.41, 5.74) is 1.85. The van der Waals surface area contributed by atoms with Crippen LogP contribution in [-0.2, 0) is 6.54 Å². The fraction of sp³-hybridized carbons (Fsp3) is 0.0588. The van der Waals surface area contributed by atoms with Crippen LogP contribution in [0.25, 0.3) is 20.7 Å². The number of azo groups is 1. The average Bonchev–Trinajstić information content (AvgIpc) is 3.25. The molecule has 0 N–H and O–H groups in total. The molecule has 0 atom stereocenters. The SMILES string of the molecule is Clc1ccccc1-c1cc2ncnc(N=NCc3cccs3)c2s1. The molecule has 3 heterocycles. The Labute approximate surface area is 151 Å². The molecule has 0 saturated carbocycles. The van der Waals surface area contributed by atoms with Crippen molar-refractivity contribution in [3.05, 3.63) is 64.1 Å². The van der Waals surface area contributed by atoms with Gasteiger partial charge < -0.3 is 0 Å². The summed E-state index contributed by atoms with van der Waals surface area (Å²) < 4.78 is 0.919. The minimum Gasteiger partial charge on any atom is -0.235 e. The molecule has 0 amide bonds. The first-order valence-corrected chi connectivity index (χ1v) is 9.28. The molecule has 0 radical (unpaired) electrons. The Balaban J connectivity index is 1.70. The van der Waals surface area contributed by atoms with Gasteiger partial charge in [-0.05, 0) is 23.6 Å². The van der Waals surface area contributed by atoms with Gasteiger partial charge in [-0.2, -0.15) is 5.11 Å². The van der Waals surface area contributed by atoms with Gasteiger partial charge in [0.15, 0.2) is 5.82 Å². The van der Waals surface area contributed by atoms with Crippen molar-refractivity contribution in [3.63, 3.8) is 0 Å². The highest BCUT2D eigenvalue weighted by molar-refractivity contribution is 7.22. The lowest BCUT2D eigenvalue weighted by Gasteiger charge is -1.98. The fourth-order valence-electron chi connectivity index (χ4n) is 2.28. The molecule has 4 nitrogen and oxygen atoms in total. The van der Waals surface area contributed by atoms with Gasteiger partial charge in [-0.3, -0.25) is 0 Å². The van der Waals surface area contributed by atoms with Gasteiger partial charge in [0.05, 0.1) is 16.8 Å². The Morgan fingerprint density at radius 2 is 2.00 bits per heavy atom. The van der Waals surface area contributed by atoms with Crippen LogP contribution in [0.2, 0.25) is 5.02 Å². The number of rotatable bonds is 4. The summed E-state index contributed by atoms with van der Waals surface area (Å²) in [7, 11) is 0. The van der Waals surface area contributed by atoms with E-state index < -0.39 is 0 Å². The maximum absolute atomic E-state index is 6.30. The first kappa shape index (κ1) is 15.4. The molecule has 4 rings (SSSR count). The van der Waals surface area contributed by atoms with Gasteiger partial charge in [0.1, 0.15) is 6.33 Å². The van der Waals surface area contributed by atoms with E-state index in [1.807, 2.05) is 47.8 Å². The van der Waals surface area contributed by atoms with Crippen LogP contribution in [0.4, 0.5) is 5.82 Å². The Morgan fingerprint density at radius 3 is 2.83 bits per heavy atom. The van der Waals surface area contributed by atoms with Crippen LogP contribution >= 0.6 is 34.3 Å². The van der Waals surface area contributed by atoms with Crippen molar-refractivity contribution < 1.29 is 0 Å². The third kappa shape index (κ3) is 3.08. The molecule has 118 valence electrons. The third-order valence-corrected chi connectivity index (χ3v) is 5.75. The molecule has 0 aliphatic heterocycles. The molecule has 3 aromatic heterocycles. The largest absolute Gasteiger partial charge is 0.235 e. The lowest BCUT2D eigenvalue weighted by molar-refractivity contribution is 0.965. The first-order chi connectivity index (χ1) is 11.8. The molecular weight excluding hydrogens is 360 g/mol. The highest BCUT2D eigenvalue weighted by Gasteiger charge is 2.11. The molecule has 0 aliphatic carbocycles. The maximum Gasteiger partial charge on any atom is 0.195 e. The van der Waals surface area contributed by atoms with E-state index in [0.717, 1.165) is 25.7 Å². The van der Waals surface area contributed by atoms with E-state index in [1.165, 1.54) is 11.2 Å². The third-order valence-electron chi connectivity index (χ3n) is 3.40. The van der Waals surface area contributed by atoms with Crippen LogP contribution < -0.4 is 0 Å². The highest BCUT2D eigenvalue weighted by Crippen LogP contribution is 2.39. The minimum absolute atomic E-state index is 0.561. The van der Waals surface area contributed by atoms with Crippen molar-refractivity contribution in [1.82, 2.24) is 9.97 Å². The van der Waals surface area contributed by atoms with Gasteiger partial charge >= 0.3 is 0 Å². The highest BCUT2D eigenvalue weighted by atomic mass is 35.5. The topological polar surface area (TPSA) is 50.5 Å². The van der Waals surface area contributed by atoms with Gasteiger partial charge in [-0.15, -0.1) is 27.8 Å². The van der Waals surface area contributed by atoms with Crippen LogP contribution in [-0.4, -0.2) is 9.97 Å². The summed E-state index contributed by atoms with van der Waals surface area (Å²) in [5, 5.41) is 11.3. The minimum atomic E-state index is 0.561. The smallest absolute Gasteiger partial charge is 0.195 e. The summed E-state index contributed by atoms with van der Waals surface area (Å²) in [5.74, 6) is 0.597. The lowest BCUT2D eigenvalue weighted by atomic mass is 10.2. The summed E-state index contributed by atoms with van der Waals surface area (Å²) in [6.45, 7) is 0.561. The van der Waals surface area contributed by atoms with Crippen LogP contribution in [0.15, 0.2) is 64.4 Å². The van der Waals surface area contributed by atoms with Gasteiger partial charge in [-0.1, -0.05) is 35.9 Å². The predicted molar refractivity (Wildman–Crippen MR) is 100 cm³/mol. The number of hydrogen-bond acceptors (Lipinski definition) is 6. The van der Waals surface area contributed by atoms with Crippen LogP contribution in [0.3, 0.4) is 0 Å². The molecule has 24 heavy (non-hydrogen) atoms. The fourth-order valence-corrected chi connectivity index (χ4v) is 4.28. The zero-order chi connectivity index (χ0) is 16.4. The molecule has 0 unspecified atom stereocenters. The number of benzene rings is 1. The Morgan fingerprint density at radius 1 is 1.08 bits per heavy atom. The van der Waals surface area contributed by atoms with Crippen LogP contribution in [0.5, 0.6) is 0 Å². The van der Waals surface area contributed by atoms with E-state index in [1.54, 1.807) is 22.7 Å². The quantitative estimate of drug-likeness (QED) is 0.392. The van der Waals surface area contributed by atoms with E-state index in [4.69, 9.17) is 11.6 Å². The normalized spacial score (nSPS) is 11.5. The molecule has 4 aromatic rings. The second-order valence-corrected chi connectivity index (χ2v) is 7.47. The predicted octanol–water partition coefficient (Wildman–Crippen LogP) is 6.36. The molecule has 0 aliphatic rings. The zero-order valence-electron chi connectivity index (χ0n) is 12.4. The van der Waals surface area contributed by atoms with Gasteiger partial charge in [0.2, 0.25) is 0 Å². The zero-order valence-corrected chi connectivity index (χ0v) is 14.8. The average molecular weight is 371 g/mol. The van der Waals surface area contributed by atoms with Crippen molar-refractivity contribution in [1.29, 1.82) is 0 Å². The molecule has 1 aromatic carbocycles. The Kier molecular flexibility index (Phi) is 4.34. The van der Waals surface area contributed by atoms with E-state index in [9.17, 15) is 0 Å². The van der Waals surface area contributed by atoms with E-state index in [0.29, 0.717) is 12.4 Å². The van der Waals surface area contributed by atoms with Gasteiger partial charge in [0, 0.05) is 20.3 Å². The maximum atomic E-state index is 6.30. The first-order valence-electron chi connectivity index (χ1n) is 7.20. The molecular formula is C17H11ClN4S2. The van der Waals surface area contributed by atoms with E-state index in [2.05, 4.69) is 20.2 Å². The second kappa shape index (κ2) is 6.76. The Hall–Kier alpha value is -2.15.